The van der Waals surface area contributed by atoms with Gasteiger partial charge in [0.25, 0.3) is 0 Å². The Bertz CT molecular complexity index is 554. The number of aromatic nitrogens is 2. The molecule has 0 unspecified atom stereocenters. The minimum atomic E-state index is -2.48. The summed E-state index contributed by atoms with van der Waals surface area (Å²) in [7, 11) is 1.95. The van der Waals surface area contributed by atoms with Crippen molar-refractivity contribution in [1.82, 2.24) is 9.97 Å². The predicted molar refractivity (Wildman–Crippen MR) is 89.4 cm³/mol. The zero-order chi connectivity index (χ0) is 17.2. The minimum absolute atomic E-state index is 0.00918. The van der Waals surface area contributed by atoms with Crippen LogP contribution in [0, 0.1) is 5.92 Å². The zero-order valence-corrected chi connectivity index (χ0v) is 14.2. The maximum Gasteiger partial charge on any atom is 0.248 e. The number of rotatable bonds is 4. The maximum absolute atomic E-state index is 13.3. The molecule has 2 aliphatic rings. The zero-order valence-electron chi connectivity index (χ0n) is 14.2. The first kappa shape index (κ1) is 17.3. The molecular formula is C17H26F2N4O. The third-order valence-corrected chi connectivity index (χ3v) is 5.10. The first-order valence-corrected chi connectivity index (χ1v) is 8.74. The highest BCUT2D eigenvalue weighted by Crippen LogP contribution is 2.36. The first-order chi connectivity index (χ1) is 11.4. The number of anilines is 2. The van der Waals surface area contributed by atoms with Gasteiger partial charge >= 0.3 is 0 Å². The summed E-state index contributed by atoms with van der Waals surface area (Å²) in [6.45, 7) is 2.17. The van der Waals surface area contributed by atoms with Crippen LogP contribution >= 0.6 is 0 Å². The highest BCUT2D eigenvalue weighted by molar-refractivity contribution is 5.46. The summed E-state index contributed by atoms with van der Waals surface area (Å²) in [6, 6.07) is 1.76. The van der Waals surface area contributed by atoms with Gasteiger partial charge in [-0.25, -0.2) is 18.7 Å². The van der Waals surface area contributed by atoms with Gasteiger partial charge in [-0.05, 0) is 31.6 Å². The van der Waals surface area contributed by atoms with E-state index in [9.17, 15) is 8.78 Å². The van der Waals surface area contributed by atoms with Crippen LogP contribution in [0.1, 0.15) is 50.3 Å². The Morgan fingerprint density at radius 2 is 1.88 bits per heavy atom. The van der Waals surface area contributed by atoms with Gasteiger partial charge in [0, 0.05) is 51.6 Å². The first-order valence-electron chi connectivity index (χ1n) is 8.74. The predicted octanol–water partition coefficient (Wildman–Crippen LogP) is 3.21. The average Bonchev–Trinajstić information content (AvgIpc) is 2.57. The summed E-state index contributed by atoms with van der Waals surface area (Å²) in [5.41, 5.74) is 5.96. The Kier molecular flexibility index (Phi) is 5.18. The Labute approximate surface area is 141 Å². The lowest BCUT2D eigenvalue weighted by molar-refractivity contribution is -0.0448. The summed E-state index contributed by atoms with van der Waals surface area (Å²) in [6.07, 6.45) is 2.92. The third kappa shape index (κ3) is 4.32. The van der Waals surface area contributed by atoms with Crippen molar-refractivity contribution in [2.45, 2.75) is 50.4 Å². The number of alkyl halides is 2. The van der Waals surface area contributed by atoms with E-state index in [1.165, 1.54) is 0 Å². The molecule has 1 aliphatic heterocycles. The van der Waals surface area contributed by atoms with E-state index in [-0.39, 0.29) is 24.7 Å². The van der Waals surface area contributed by atoms with Gasteiger partial charge < -0.3 is 15.4 Å². The molecule has 3 rings (SSSR count). The van der Waals surface area contributed by atoms with E-state index in [1.807, 2.05) is 11.9 Å². The van der Waals surface area contributed by atoms with Gasteiger partial charge in [-0.3, -0.25) is 0 Å². The molecule has 1 saturated carbocycles. The summed E-state index contributed by atoms with van der Waals surface area (Å²) >= 11 is 0. The molecule has 0 spiro atoms. The molecule has 1 aromatic rings. The van der Waals surface area contributed by atoms with Gasteiger partial charge in [-0.2, -0.15) is 0 Å². The SMILES string of the molecule is CN(CC1CCC(F)(F)CC1)c1cc(N)nc(C2CCOCC2)n1. The van der Waals surface area contributed by atoms with Crippen LogP contribution in [0.15, 0.2) is 6.07 Å². The van der Waals surface area contributed by atoms with Crippen molar-refractivity contribution in [3.05, 3.63) is 11.9 Å². The smallest absolute Gasteiger partial charge is 0.248 e. The summed E-state index contributed by atoms with van der Waals surface area (Å²) in [5, 5.41) is 0. The summed E-state index contributed by atoms with van der Waals surface area (Å²) in [5.74, 6) is 0.0882. The molecule has 7 heteroatoms. The second kappa shape index (κ2) is 7.17. The fraction of sp³-hybridized carbons (Fsp3) is 0.765. The Hall–Kier alpha value is -1.50. The van der Waals surface area contributed by atoms with Crippen molar-refractivity contribution >= 4 is 11.6 Å². The minimum Gasteiger partial charge on any atom is -0.384 e. The Morgan fingerprint density at radius 1 is 1.21 bits per heavy atom. The molecule has 2 heterocycles. The Morgan fingerprint density at radius 3 is 2.54 bits per heavy atom. The van der Waals surface area contributed by atoms with Crippen molar-refractivity contribution in [1.29, 1.82) is 0 Å². The highest BCUT2D eigenvalue weighted by atomic mass is 19.3. The van der Waals surface area contributed by atoms with Gasteiger partial charge in [-0.1, -0.05) is 0 Å². The number of nitrogens with two attached hydrogens (primary N) is 1. The lowest BCUT2D eigenvalue weighted by Crippen LogP contribution is -2.32. The van der Waals surface area contributed by atoms with Crippen LogP contribution in [0.4, 0.5) is 20.4 Å². The number of nitrogen functional groups attached to an aromatic ring is 1. The summed E-state index contributed by atoms with van der Waals surface area (Å²) < 4.78 is 32.0. The van der Waals surface area contributed by atoms with Crippen molar-refractivity contribution < 1.29 is 13.5 Å². The second-order valence-electron chi connectivity index (χ2n) is 7.08. The lowest BCUT2D eigenvalue weighted by Gasteiger charge is -2.31. The second-order valence-corrected chi connectivity index (χ2v) is 7.08. The standard InChI is InChI=1S/C17H26F2N4O/c1-23(11-12-2-6-17(18,19)7-3-12)15-10-14(20)21-16(22-15)13-4-8-24-9-5-13/h10,12-13H,2-9,11H2,1H3,(H2,20,21,22). The van der Waals surface area contributed by atoms with Crippen LogP contribution in [-0.2, 0) is 4.74 Å². The molecule has 5 nitrogen and oxygen atoms in total. The Balaban J connectivity index is 1.66. The fourth-order valence-electron chi connectivity index (χ4n) is 3.57. The number of ether oxygens (including phenoxy) is 1. The molecule has 0 atom stereocenters. The van der Waals surface area contributed by atoms with E-state index in [0.29, 0.717) is 18.7 Å². The van der Waals surface area contributed by atoms with Crippen LogP contribution in [0.5, 0.6) is 0 Å². The van der Waals surface area contributed by atoms with Crippen LogP contribution in [0.3, 0.4) is 0 Å². The van der Waals surface area contributed by atoms with E-state index < -0.39 is 5.92 Å². The molecule has 1 aliphatic carbocycles. The molecule has 0 aromatic carbocycles. The quantitative estimate of drug-likeness (QED) is 0.912. The van der Waals surface area contributed by atoms with E-state index in [2.05, 4.69) is 9.97 Å². The molecule has 0 amide bonds. The monoisotopic (exact) mass is 340 g/mol. The van der Waals surface area contributed by atoms with Gasteiger partial charge in [-0.15, -0.1) is 0 Å². The third-order valence-electron chi connectivity index (χ3n) is 5.10. The molecule has 2 N–H and O–H groups in total. The summed E-state index contributed by atoms with van der Waals surface area (Å²) in [4.78, 5) is 11.1. The topological polar surface area (TPSA) is 64.3 Å². The molecule has 2 fully saturated rings. The van der Waals surface area contributed by atoms with Gasteiger partial charge in [0.05, 0.1) is 0 Å². The van der Waals surface area contributed by atoms with E-state index in [1.54, 1.807) is 6.07 Å². The van der Waals surface area contributed by atoms with Crippen molar-refractivity contribution in [2.75, 3.05) is 37.4 Å². The molecule has 1 saturated heterocycles. The van der Waals surface area contributed by atoms with Crippen LogP contribution in [0.2, 0.25) is 0 Å². The van der Waals surface area contributed by atoms with Crippen molar-refractivity contribution in [2.24, 2.45) is 5.92 Å². The normalized spacial score (nSPS) is 22.5. The van der Waals surface area contributed by atoms with Gasteiger partial charge in [0.1, 0.15) is 17.5 Å². The van der Waals surface area contributed by atoms with Crippen LogP contribution in [0.25, 0.3) is 0 Å². The maximum atomic E-state index is 13.3. The largest absolute Gasteiger partial charge is 0.384 e. The van der Waals surface area contributed by atoms with Crippen molar-refractivity contribution in [3.8, 4) is 0 Å². The molecule has 24 heavy (non-hydrogen) atoms. The van der Waals surface area contributed by atoms with Gasteiger partial charge in [0.2, 0.25) is 5.92 Å². The van der Waals surface area contributed by atoms with Crippen LogP contribution < -0.4 is 10.6 Å². The number of hydrogen-bond acceptors (Lipinski definition) is 5. The molecule has 134 valence electrons. The molecule has 0 bridgehead atoms. The van der Waals surface area contributed by atoms with E-state index >= 15 is 0 Å². The van der Waals surface area contributed by atoms with Crippen LogP contribution in [-0.4, -0.2) is 42.7 Å². The average molecular weight is 340 g/mol. The van der Waals surface area contributed by atoms with E-state index in [0.717, 1.165) is 44.2 Å². The number of hydrogen-bond donors (Lipinski definition) is 1. The lowest BCUT2D eigenvalue weighted by atomic mass is 9.86. The number of halogens is 2. The van der Waals surface area contributed by atoms with Crippen molar-refractivity contribution in [3.63, 3.8) is 0 Å². The van der Waals surface area contributed by atoms with Gasteiger partial charge in [0.15, 0.2) is 0 Å². The molecule has 1 aromatic heterocycles. The van der Waals surface area contributed by atoms with E-state index in [4.69, 9.17) is 10.5 Å². The molecule has 0 radical (unpaired) electrons. The molecular weight excluding hydrogens is 314 g/mol. The highest BCUT2D eigenvalue weighted by Gasteiger charge is 2.35. The number of nitrogens with zero attached hydrogens (tertiary/aromatic N) is 3. The fourth-order valence-corrected chi connectivity index (χ4v) is 3.57.